The smallest absolute Gasteiger partial charge is 0.229 e. The van der Waals surface area contributed by atoms with Crippen molar-refractivity contribution >= 4 is 18.3 Å². The van der Waals surface area contributed by atoms with E-state index in [2.05, 4.69) is 15.5 Å². The molecule has 6 nitrogen and oxygen atoms in total. The molecule has 0 radical (unpaired) electrons. The fourth-order valence-electron chi connectivity index (χ4n) is 4.29. The molecular formula is C17H27ClN4O2. The first-order chi connectivity index (χ1) is 11.1. The molecule has 1 saturated carbocycles. The second-order valence-corrected chi connectivity index (χ2v) is 7.70. The number of carbonyl (C=O) groups excluding carboxylic acids is 1. The van der Waals surface area contributed by atoms with E-state index >= 15 is 0 Å². The van der Waals surface area contributed by atoms with Gasteiger partial charge in [0.1, 0.15) is 0 Å². The van der Waals surface area contributed by atoms with Crippen LogP contribution in [0.3, 0.4) is 0 Å². The monoisotopic (exact) mass is 354 g/mol. The lowest BCUT2D eigenvalue weighted by molar-refractivity contribution is -0.134. The van der Waals surface area contributed by atoms with Crippen LogP contribution in [0.4, 0.5) is 0 Å². The van der Waals surface area contributed by atoms with E-state index in [1.807, 2.05) is 18.7 Å². The van der Waals surface area contributed by atoms with Crippen molar-refractivity contribution in [1.82, 2.24) is 20.4 Å². The maximum Gasteiger partial charge on any atom is 0.229 e. The summed E-state index contributed by atoms with van der Waals surface area (Å²) < 4.78 is 5.35. The summed E-state index contributed by atoms with van der Waals surface area (Å²) in [6, 6.07) is 0.0121. The summed E-state index contributed by atoms with van der Waals surface area (Å²) in [7, 11) is 0. The van der Waals surface area contributed by atoms with Crippen molar-refractivity contribution < 1.29 is 9.32 Å². The van der Waals surface area contributed by atoms with E-state index in [0.717, 1.165) is 51.7 Å². The van der Waals surface area contributed by atoms with Crippen LogP contribution >= 0.6 is 12.4 Å². The van der Waals surface area contributed by atoms with Crippen LogP contribution < -0.4 is 5.32 Å². The number of hydrogen-bond donors (Lipinski definition) is 1. The topological polar surface area (TPSA) is 71.3 Å². The molecular weight excluding hydrogens is 328 g/mol. The number of nitrogens with zero attached hydrogens (tertiary/aromatic N) is 3. The first-order valence-electron chi connectivity index (χ1n) is 8.95. The maximum atomic E-state index is 13.0. The summed E-state index contributed by atoms with van der Waals surface area (Å²) in [5.74, 6) is 2.13. The molecule has 1 N–H and O–H groups in total. The summed E-state index contributed by atoms with van der Waals surface area (Å²) in [5.41, 5.74) is 0.288. The lowest BCUT2D eigenvalue weighted by Crippen LogP contribution is -2.36. The minimum Gasteiger partial charge on any atom is -0.339 e. The molecule has 3 heterocycles. The lowest BCUT2D eigenvalue weighted by atomic mass is 9.91. The van der Waals surface area contributed by atoms with Gasteiger partial charge < -0.3 is 14.7 Å². The van der Waals surface area contributed by atoms with E-state index in [1.54, 1.807) is 0 Å². The first-order valence-corrected chi connectivity index (χ1v) is 8.95. The van der Waals surface area contributed by atoms with Crippen LogP contribution in [-0.4, -0.2) is 40.6 Å². The first kappa shape index (κ1) is 17.7. The number of piperidine rings is 1. The van der Waals surface area contributed by atoms with Gasteiger partial charge in [0.05, 0.1) is 6.04 Å². The molecule has 1 spiro atoms. The molecule has 3 fully saturated rings. The normalized spacial score (nSPS) is 28.2. The second kappa shape index (κ2) is 6.64. The van der Waals surface area contributed by atoms with E-state index in [0.29, 0.717) is 17.6 Å². The van der Waals surface area contributed by atoms with Crippen LogP contribution in [0.25, 0.3) is 0 Å². The van der Waals surface area contributed by atoms with Crippen molar-refractivity contribution in [3.8, 4) is 0 Å². The van der Waals surface area contributed by atoms with Gasteiger partial charge in [-0.1, -0.05) is 19.0 Å². The van der Waals surface area contributed by atoms with Gasteiger partial charge in [-0.05, 0) is 50.6 Å². The fraction of sp³-hybridized carbons (Fsp3) is 0.824. The third-order valence-corrected chi connectivity index (χ3v) is 5.87. The molecule has 2 saturated heterocycles. The number of carbonyl (C=O) groups is 1. The van der Waals surface area contributed by atoms with E-state index in [-0.39, 0.29) is 35.7 Å². The predicted octanol–water partition coefficient (Wildman–Crippen LogP) is 2.67. The Morgan fingerprint density at radius 3 is 2.79 bits per heavy atom. The van der Waals surface area contributed by atoms with Crippen molar-refractivity contribution in [2.24, 2.45) is 11.3 Å². The highest BCUT2D eigenvalue weighted by molar-refractivity contribution is 5.85. The largest absolute Gasteiger partial charge is 0.339 e. The minimum absolute atomic E-state index is 0. The molecule has 4 rings (SSSR count). The van der Waals surface area contributed by atoms with Crippen molar-refractivity contribution in [1.29, 1.82) is 0 Å². The number of amides is 1. The number of aromatic nitrogens is 2. The molecule has 24 heavy (non-hydrogen) atoms. The van der Waals surface area contributed by atoms with Gasteiger partial charge >= 0.3 is 0 Å². The Morgan fingerprint density at radius 2 is 2.12 bits per heavy atom. The van der Waals surface area contributed by atoms with Crippen LogP contribution in [-0.2, 0) is 4.79 Å². The summed E-state index contributed by atoms with van der Waals surface area (Å²) >= 11 is 0. The minimum atomic E-state index is 0. The zero-order chi connectivity index (χ0) is 16.0. The Kier molecular flexibility index (Phi) is 4.89. The highest BCUT2D eigenvalue weighted by atomic mass is 35.5. The van der Waals surface area contributed by atoms with Gasteiger partial charge in [-0.25, -0.2) is 0 Å². The quantitative estimate of drug-likeness (QED) is 0.903. The van der Waals surface area contributed by atoms with Crippen molar-refractivity contribution in [2.45, 2.75) is 57.9 Å². The SMILES string of the molecule is CC(C)c1nc(C2CCCN2C(=O)C2CC23CCNCC3)no1.Cl. The Hall–Kier alpha value is -1.14. The molecule has 1 amide bonds. The molecule has 2 atom stereocenters. The van der Waals surface area contributed by atoms with E-state index < -0.39 is 0 Å². The third kappa shape index (κ3) is 2.94. The van der Waals surface area contributed by atoms with Crippen LogP contribution in [0.2, 0.25) is 0 Å². The van der Waals surface area contributed by atoms with Gasteiger partial charge in [-0.15, -0.1) is 12.4 Å². The van der Waals surface area contributed by atoms with Gasteiger partial charge in [0.2, 0.25) is 11.8 Å². The molecule has 2 unspecified atom stereocenters. The number of nitrogens with one attached hydrogen (secondary N) is 1. The van der Waals surface area contributed by atoms with Gasteiger partial charge in [0.25, 0.3) is 0 Å². The highest BCUT2D eigenvalue weighted by Crippen LogP contribution is 2.59. The molecule has 2 aliphatic heterocycles. The van der Waals surface area contributed by atoms with Crippen LogP contribution in [0.1, 0.15) is 69.6 Å². The predicted molar refractivity (Wildman–Crippen MR) is 92.0 cm³/mol. The second-order valence-electron chi connectivity index (χ2n) is 7.70. The van der Waals surface area contributed by atoms with Gasteiger partial charge in [0, 0.05) is 18.4 Å². The van der Waals surface area contributed by atoms with Crippen molar-refractivity contribution in [3.05, 3.63) is 11.7 Å². The molecule has 134 valence electrons. The van der Waals surface area contributed by atoms with Crippen LogP contribution in [0.15, 0.2) is 4.52 Å². The van der Waals surface area contributed by atoms with Gasteiger partial charge in [-0.3, -0.25) is 4.79 Å². The average Bonchev–Trinajstić information content (AvgIpc) is 2.98. The number of hydrogen-bond acceptors (Lipinski definition) is 5. The van der Waals surface area contributed by atoms with Crippen molar-refractivity contribution in [2.75, 3.05) is 19.6 Å². The Bertz CT molecular complexity index is 597. The zero-order valence-corrected chi connectivity index (χ0v) is 15.3. The lowest BCUT2D eigenvalue weighted by Gasteiger charge is -2.27. The van der Waals surface area contributed by atoms with E-state index in [4.69, 9.17) is 4.52 Å². The number of likely N-dealkylation sites (tertiary alicyclic amines) is 1. The molecule has 3 aliphatic rings. The maximum absolute atomic E-state index is 13.0. The third-order valence-electron chi connectivity index (χ3n) is 5.87. The van der Waals surface area contributed by atoms with Crippen LogP contribution in [0.5, 0.6) is 0 Å². The van der Waals surface area contributed by atoms with E-state index in [9.17, 15) is 4.79 Å². The fourth-order valence-corrected chi connectivity index (χ4v) is 4.29. The molecule has 0 bridgehead atoms. The number of halogens is 1. The van der Waals surface area contributed by atoms with E-state index in [1.165, 1.54) is 0 Å². The summed E-state index contributed by atoms with van der Waals surface area (Å²) in [5, 5.41) is 7.55. The van der Waals surface area contributed by atoms with Crippen molar-refractivity contribution in [3.63, 3.8) is 0 Å². The average molecular weight is 355 g/mol. The molecule has 1 aliphatic carbocycles. The Labute approximate surface area is 149 Å². The molecule has 1 aromatic heterocycles. The summed E-state index contributed by atoms with van der Waals surface area (Å²) in [6.07, 6.45) is 5.33. The Morgan fingerprint density at radius 1 is 1.38 bits per heavy atom. The van der Waals surface area contributed by atoms with Gasteiger partial charge in [0.15, 0.2) is 5.82 Å². The zero-order valence-electron chi connectivity index (χ0n) is 14.5. The summed E-state index contributed by atoms with van der Waals surface area (Å²) in [6.45, 7) is 7.02. The molecule has 7 heteroatoms. The van der Waals surface area contributed by atoms with Gasteiger partial charge in [-0.2, -0.15) is 4.98 Å². The molecule has 1 aromatic rings. The Balaban J connectivity index is 0.00000169. The highest BCUT2D eigenvalue weighted by Gasteiger charge is 2.59. The van der Waals surface area contributed by atoms with Crippen LogP contribution in [0, 0.1) is 11.3 Å². The molecule has 0 aromatic carbocycles. The number of rotatable bonds is 3. The standard InChI is InChI=1S/C17H26N4O2.ClH/c1-11(2)15-19-14(20-23-15)13-4-3-9-21(13)16(22)12-10-17(12)5-7-18-8-6-17;/h11-13,18H,3-10H2,1-2H3;1H. The summed E-state index contributed by atoms with van der Waals surface area (Å²) in [4.78, 5) is 19.6.